The predicted molar refractivity (Wildman–Crippen MR) is 81.2 cm³/mol. The summed E-state index contributed by atoms with van der Waals surface area (Å²) < 4.78 is 27.7. The SMILES string of the molecule is Cc1sc(CN)cc1S(=O)(=O)N1CCCC2CCCC21. The van der Waals surface area contributed by atoms with Crippen LogP contribution >= 0.6 is 11.3 Å². The molecule has 2 atom stereocenters. The van der Waals surface area contributed by atoms with Crippen LogP contribution in [0, 0.1) is 12.8 Å². The molecule has 1 saturated carbocycles. The summed E-state index contributed by atoms with van der Waals surface area (Å²) in [6.45, 7) is 2.97. The number of sulfonamides is 1. The summed E-state index contributed by atoms with van der Waals surface area (Å²) in [7, 11) is -3.35. The van der Waals surface area contributed by atoms with Gasteiger partial charge < -0.3 is 5.73 Å². The highest BCUT2D eigenvalue weighted by molar-refractivity contribution is 7.89. The fourth-order valence-corrected chi connectivity index (χ4v) is 6.95. The molecule has 1 aliphatic heterocycles. The highest BCUT2D eigenvalue weighted by atomic mass is 32.2. The first-order valence-corrected chi connectivity index (χ1v) is 9.61. The van der Waals surface area contributed by atoms with E-state index < -0.39 is 10.0 Å². The summed E-state index contributed by atoms with van der Waals surface area (Å²) in [6, 6.07) is 2.00. The predicted octanol–water partition coefficient (Wildman–Crippen LogP) is 2.47. The van der Waals surface area contributed by atoms with Crippen LogP contribution in [0.3, 0.4) is 0 Å². The highest BCUT2D eigenvalue weighted by Gasteiger charge is 2.41. The number of fused-ring (bicyclic) bond motifs is 1. The van der Waals surface area contributed by atoms with E-state index in [0.717, 1.165) is 29.0 Å². The molecule has 6 heteroatoms. The number of nitrogens with two attached hydrogens (primary N) is 1. The Kier molecular flexibility index (Phi) is 3.92. The Labute approximate surface area is 125 Å². The average Bonchev–Trinajstić information content (AvgIpc) is 3.03. The summed E-state index contributed by atoms with van der Waals surface area (Å²) in [5.41, 5.74) is 5.64. The smallest absolute Gasteiger partial charge is 0.244 e. The van der Waals surface area contributed by atoms with Crippen molar-refractivity contribution >= 4 is 21.4 Å². The summed E-state index contributed by atoms with van der Waals surface area (Å²) in [5.74, 6) is 0.575. The fraction of sp³-hybridized carbons (Fsp3) is 0.714. The van der Waals surface area contributed by atoms with Crippen LogP contribution in [0.1, 0.15) is 41.9 Å². The normalized spacial score (nSPS) is 27.7. The topological polar surface area (TPSA) is 63.4 Å². The van der Waals surface area contributed by atoms with Crippen LogP contribution in [0.4, 0.5) is 0 Å². The molecule has 20 heavy (non-hydrogen) atoms. The molecule has 2 heterocycles. The van der Waals surface area contributed by atoms with Gasteiger partial charge in [-0.05, 0) is 44.6 Å². The standard InChI is InChI=1S/C14H22N2O2S2/c1-10-14(8-12(9-15)19-10)20(17,18)16-7-3-5-11-4-2-6-13(11)16/h8,11,13H,2-7,9,15H2,1H3. The van der Waals surface area contributed by atoms with E-state index in [-0.39, 0.29) is 6.04 Å². The Morgan fingerprint density at radius 1 is 1.35 bits per heavy atom. The minimum atomic E-state index is -3.35. The number of hydrogen-bond donors (Lipinski definition) is 1. The fourth-order valence-electron chi connectivity index (χ4n) is 3.71. The first-order valence-electron chi connectivity index (χ1n) is 7.35. The Hall–Kier alpha value is -0.430. The molecule has 0 spiro atoms. The third kappa shape index (κ3) is 2.32. The first kappa shape index (κ1) is 14.5. The molecule has 2 aliphatic rings. The van der Waals surface area contributed by atoms with Crippen LogP contribution < -0.4 is 5.73 Å². The monoisotopic (exact) mass is 314 g/mol. The summed E-state index contributed by atoms with van der Waals surface area (Å²) in [4.78, 5) is 2.29. The minimum Gasteiger partial charge on any atom is -0.326 e. The van der Waals surface area contributed by atoms with E-state index in [1.165, 1.54) is 24.2 Å². The van der Waals surface area contributed by atoms with Crippen molar-refractivity contribution in [1.82, 2.24) is 4.31 Å². The lowest BCUT2D eigenvalue weighted by Crippen LogP contribution is -2.46. The maximum atomic E-state index is 13.0. The molecular formula is C14H22N2O2S2. The van der Waals surface area contributed by atoms with Crippen LogP contribution in [0.5, 0.6) is 0 Å². The Morgan fingerprint density at radius 2 is 2.10 bits per heavy atom. The van der Waals surface area contributed by atoms with Gasteiger partial charge in [-0.25, -0.2) is 8.42 Å². The van der Waals surface area contributed by atoms with Crippen molar-refractivity contribution in [3.05, 3.63) is 15.8 Å². The molecule has 1 saturated heterocycles. The second-order valence-electron chi connectivity index (χ2n) is 5.85. The quantitative estimate of drug-likeness (QED) is 0.932. The van der Waals surface area contributed by atoms with E-state index in [0.29, 0.717) is 23.9 Å². The molecule has 0 radical (unpaired) electrons. The van der Waals surface area contributed by atoms with E-state index >= 15 is 0 Å². The molecule has 0 aromatic carbocycles. The van der Waals surface area contributed by atoms with Crippen molar-refractivity contribution in [2.24, 2.45) is 11.7 Å². The first-order chi connectivity index (χ1) is 9.54. The van der Waals surface area contributed by atoms with E-state index in [4.69, 9.17) is 5.73 Å². The van der Waals surface area contributed by atoms with Gasteiger partial charge in [0.25, 0.3) is 0 Å². The number of piperidine rings is 1. The zero-order chi connectivity index (χ0) is 14.3. The lowest BCUT2D eigenvalue weighted by molar-refractivity contribution is 0.202. The number of aryl methyl sites for hydroxylation is 1. The molecule has 1 aliphatic carbocycles. The van der Waals surface area contributed by atoms with Crippen molar-refractivity contribution < 1.29 is 8.42 Å². The van der Waals surface area contributed by atoms with Gasteiger partial charge in [0.15, 0.2) is 0 Å². The van der Waals surface area contributed by atoms with Gasteiger partial charge in [-0.3, -0.25) is 0 Å². The van der Waals surface area contributed by atoms with Crippen LogP contribution in [0.2, 0.25) is 0 Å². The maximum Gasteiger partial charge on any atom is 0.244 e. The van der Waals surface area contributed by atoms with E-state index in [2.05, 4.69) is 0 Å². The number of hydrogen-bond acceptors (Lipinski definition) is 4. The zero-order valence-electron chi connectivity index (χ0n) is 11.8. The zero-order valence-corrected chi connectivity index (χ0v) is 13.5. The molecule has 3 rings (SSSR count). The molecule has 4 nitrogen and oxygen atoms in total. The largest absolute Gasteiger partial charge is 0.326 e. The molecule has 2 fully saturated rings. The van der Waals surface area contributed by atoms with Gasteiger partial charge in [-0.15, -0.1) is 11.3 Å². The Balaban J connectivity index is 1.96. The number of nitrogens with zero attached hydrogens (tertiary/aromatic N) is 1. The van der Waals surface area contributed by atoms with Gasteiger partial charge >= 0.3 is 0 Å². The second kappa shape index (κ2) is 5.40. The molecule has 0 amide bonds. The van der Waals surface area contributed by atoms with Crippen molar-refractivity contribution in [3.8, 4) is 0 Å². The van der Waals surface area contributed by atoms with Crippen LogP contribution in [-0.2, 0) is 16.6 Å². The lowest BCUT2D eigenvalue weighted by Gasteiger charge is -2.36. The van der Waals surface area contributed by atoms with Crippen LogP contribution in [-0.4, -0.2) is 25.3 Å². The minimum absolute atomic E-state index is 0.231. The van der Waals surface area contributed by atoms with Gasteiger partial charge in [-0.2, -0.15) is 4.31 Å². The number of thiophene rings is 1. The summed E-state index contributed by atoms with van der Waals surface area (Å²) in [6.07, 6.45) is 5.56. The summed E-state index contributed by atoms with van der Waals surface area (Å²) >= 11 is 1.50. The van der Waals surface area contributed by atoms with E-state index in [1.807, 2.05) is 6.92 Å². The van der Waals surface area contributed by atoms with Gasteiger partial charge in [0, 0.05) is 28.9 Å². The number of rotatable bonds is 3. The molecule has 2 N–H and O–H groups in total. The average molecular weight is 314 g/mol. The van der Waals surface area contributed by atoms with Gasteiger partial charge in [0.1, 0.15) is 0 Å². The molecule has 112 valence electrons. The molecule has 2 unspecified atom stereocenters. The maximum absolute atomic E-state index is 13.0. The third-order valence-corrected chi connectivity index (χ3v) is 7.91. The highest BCUT2D eigenvalue weighted by Crippen LogP contribution is 2.40. The summed E-state index contributed by atoms with van der Waals surface area (Å²) in [5, 5.41) is 0. The van der Waals surface area contributed by atoms with Gasteiger partial charge in [-0.1, -0.05) is 6.42 Å². The molecule has 1 aromatic heterocycles. The molecule has 0 bridgehead atoms. The van der Waals surface area contributed by atoms with Gasteiger partial charge in [0.2, 0.25) is 10.0 Å². The van der Waals surface area contributed by atoms with E-state index in [1.54, 1.807) is 10.4 Å². The van der Waals surface area contributed by atoms with Crippen LogP contribution in [0.25, 0.3) is 0 Å². The van der Waals surface area contributed by atoms with Crippen molar-refractivity contribution in [3.63, 3.8) is 0 Å². The van der Waals surface area contributed by atoms with E-state index in [9.17, 15) is 8.42 Å². The molecular weight excluding hydrogens is 292 g/mol. The van der Waals surface area contributed by atoms with Crippen molar-refractivity contribution in [2.45, 2.75) is 56.5 Å². The van der Waals surface area contributed by atoms with Crippen LogP contribution in [0.15, 0.2) is 11.0 Å². The third-order valence-electron chi connectivity index (χ3n) is 4.65. The van der Waals surface area contributed by atoms with Crippen molar-refractivity contribution in [2.75, 3.05) is 6.54 Å². The van der Waals surface area contributed by atoms with Gasteiger partial charge in [0.05, 0.1) is 4.90 Å². The Bertz CT molecular complexity index is 594. The van der Waals surface area contributed by atoms with Crippen molar-refractivity contribution in [1.29, 1.82) is 0 Å². The lowest BCUT2D eigenvalue weighted by atomic mass is 9.94. The Morgan fingerprint density at radius 3 is 2.80 bits per heavy atom. The molecule has 1 aromatic rings. The second-order valence-corrected chi connectivity index (χ2v) is 9.05.